The van der Waals surface area contributed by atoms with Gasteiger partial charge in [0.15, 0.2) is 6.29 Å². The molecule has 3 heteroatoms. The van der Waals surface area contributed by atoms with E-state index in [1.807, 2.05) is 0 Å². The van der Waals surface area contributed by atoms with E-state index < -0.39 is 6.10 Å². The van der Waals surface area contributed by atoms with Crippen molar-refractivity contribution in [3.63, 3.8) is 0 Å². The molecule has 0 aromatic heterocycles. The van der Waals surface area contributed by atoms with Gasteiger partial charge in [-0.25, -0.2) is 0 Å². The van der Waals surface area contributed by atoms with Crippen molar-refractivity contribution in [1.82, 2.24) is 0 Å². The Kier molecular flexibility index (Phi) is 5.57. The molecule has 0 aromatic carbocycles. The average molecular weight is 198 g/mol. The lowest BCUT2D eigenvalue weighted by atomic mass is 10.2. The molecule has 1 aliphatic rings. The molecule has 0 aliphatic carbocycles. The average Bonchev–Trinajstić information content (AvgIpc) is 2.20. The van der Waals surface area contributed by atoms with Crippen molar-refractivity contribution < 1.29 is 14.6 Å². The van der Waals surface area contributed by atoms with E-state index in [1.54, 1.807) is 0 Å². The van der Waals surface area contributed by atoms with E-state index in [2.05, 4.69) is 12.3 Å². The van der Waals surface area contributed by atoms with Crippen molar-refractivity contribution in [1.29, 1.82) is 0 Å². The number of aliphatic hydroxyl groups is 1. The fourth-order valence-corrected chi connectivity index (χ4v) is 1.38. The topological polar surface area (TPSA) is 38.7 Å². The van der Waals surface area contributed by atoms with Crippen molar-refractivity contribution in [3.8, 4) is 0 Å². The fraction of sp³-hybridized carbons (Fsp3) is 0.727. The summed E-state index contributed by atoms with van der Waals surface area (Å²) in [5.74, 6) is 0. The van der Waals surface area contributed by atoms with Crippen LogP contribution in [0.1, 0.15) is 25.7 Å². The molecule has 1 fully saturated rings. The Morgan fingerprint density at radius 1 is 1.64 bits per heavy atom. The highest BCUT2D eigenvalue weighted by molar-refractivity contribution is 4.83. The molecule has 3 nitrogen and oxygen atoms in total. The van der Waals surface area contributed by atoms with Crippen molar-refractivity contribution in [2.75, 3.05) is 13.2 Å². The summed E-state index contributed by atoms with van der Waals surface area (Å²) in [6.07, 6.45) is 4.79. The van der Waals surface area contributed by atoms with Gasteiger partial charge in [-0.05, 0) is 25.3 Å². The van der Waals surface area contributed by atoms with Crippen LogP contribution in [0.15, 0.2) is 18.4 Å². The monoisotopic (exact) mass is 198 g/mol. The Labute approximate surface area is 85.0 Å². The van der Waals surface area contributed by atoms with Crippen molar-refractivity contribution in [2.24, 2.45) is 0 Å². The van der Waals surface area contributed by atoms with Gasteiger partial charge >= 0.3 is 0 Å². The molecule has 1 aliphatic heterocycles. The van der Waals surface area contributed by atoms with Gasteiger partial charge in [0.1, 0.15) is 0 Å². The molecule has 1 N–H and O–H groups in total. The van der Waals surface area contributed by atoms with Gasteiger partial charge in [0.05, 0.1) is 12.7 Å². The highest BCUT2D eigenvalue weighted by atomic mass is 16.7. The number of rotatable bonds is 5. The predicted molar refractivity (Wildman–Crippen MR) is 53.9 cm³/mol. The van der Waals surface area contributed by atoms with Crippen molar-refractivity contribution in [2.45, 2.75) is 38.1 Å². The maximum atomic E-state index is 9.30. The summed E-state index contributed by atoms with van der Waals surface area (Å²) in [5, 5.41) is 9.30. The first kappa shape index (κ1) is 11.5. The summed E-state index contributed by atoms with van der Waals surface area (Å²) in [6, 6.07) is 0. The molecule has 0 amide bonds. The van der Waals surface area contributed by atoms with E-state index in [4.69, 9.17) is 9.47 Å². The van der Waals surface area contributed by atoms with Gasteiger partial charge in [0.2, 0.25) is 0 Å². The smallest absolute Gasteiger partial charge is 0.157 e. The van der Waals surface area contributed by atoms with Crippen LogP contribution >= 0.6 is 0 Å². The summed E-state index contributed by atoms with van der Waals surface area (Å²) in [5.41, 5.74) is 2.54. The lowest BCUT2D eigenvalue weighted by Gasteiger charge is -2.22. The van der Waals surface area contributed by atoms with Crippen molar-refractivity contribution in [3.05, 3.63) is 18.4 Å². The first-order valence-corrected chi connectivity index (χ1v) is 5.10. The van der Waals surface area contributed by atoms with Crippen LogP contribution < -0.4 is 0 Å². The van der Waals surface area contributed by atoms with E-state index in [0.29, 0.717) is 13.0 Å². The maximum absolute atomic E-state index is 9.30. The van der Waals surface area contributed by atoms with E-state index in [0.717, 1.165) is 19.4 Å². The Balaban J connectivity index is 2.04. The normalized spacial score (nSPS) is 23.9. The second kappa shape index (κ2) is 6.80. The Bertz CT molecular complexity index is 191. The van der Waals surface area contributed by atoms with E-state index in [-0.39, 0.29) is 6.29 Å². The van der Waals surface area contributed by atoms with Crippen LogP contribution in [0.2, 0.25) is 0 Å². The molecule has 0 spiro atoms. The summed E-state index contributed by atoms with van der Waals surface area (Å²) in [4.78, 5) is 0. The first-order valence-electron chi connectivity index (χ1n) is 5.10. The summed E-state index contributed by atoms with van der Waals surface area (Å²) < 4.78 is 10.8. The van der Waals surface area contributed by atoms with E-state index >= 15 is 0 Å². The number of hydrogen-bond acceptors (Lipinski definition) is 3. The Hall–Kier alpha value is -0.600. The summed E-state index contributed by atoms with van der Waals surface area (Å²) >= 11 is 0. The highest BCUT2D eigenvalue weighted by Crippen LogP contribution is 2.13. The third-order valence-corrected chi connectivity index (χ3v) is 2.17. The molecule has 0 aromatic rings. The SMILES string of the molecule is C=C=CC(O)CCOC1CCCCO1. The molecular formula is C11H18O3. The van der Waals surface area contributed by atoms with Gasteiger partial charge in [-0.2, -0.15) is 0 Å². The number of aliphatic hydroxyl groups excluding tert-OH is 1. The molecule has 2 unspecified atom stereocenters. The van der Waals surface area contributed by atoms with Gasteiger partial charge < -0.3 is 14.6 Å². The third kappa shape index (κ3) is 4.58. The lowest BCUT2D eigenvalue weighted by Crippen LogP contribution is -2.23. The van der Waals surface area contributed by atoms with Gasteiger partial charge in [-0.3, -0.25) is 0 Å². The van der Waals surface area contributed by atoms with Crippen LogP contribution in [-0.4, -0.2) is 30.7 Å². The summed E-state index contributed by atoms with van der Waals surface area (Å²) in [6.45, 7) is 4.70. The predicted octanol–water partition coefficient (Wildman–Crippen LogP) is 1.62. The Morgan fingerprint density at radius 2 is 2.50 bits per heavy atom. The summed E-state index contributed by atoms with van der Waals surface area (Å²) in [7, 11) is 0. The van der Waals surface area contributed by atoms with Crippen LogP contribution in [0.5, 0.6) is 0 Å². The van der Waals surface area contributed by atoms with Crippen molar-refractivity contribution >= 4 is 0 Å². The molecule has 0 radical (unpaired) electrons. The number of ether oxygens (including phenoxy) is 2. The van der Waals surface area contributed by atoms with E-state index in [1.165, 1.54) is 12.5 Å². The Morgan fingerprint density at radius 3 is 3.14 bits per heavy atom. The van der Waals surface area contributed by atoms with Gasteiger partial charge in [-0.1, -0.05) is 6.58 Å². The fourth-order valence-electron chi connectivity index (χ4n) is 1.38. The molecule has 14 heavy (non-hydrogen) atoms. The zero-order chi connectivity index (χ0) is 10.2. The largest absolute Gasteiger partial charge is 0.388 e. The zero-order valence-corrected chi connectivity index (χ0v) is 8.45. The molecule has 80 valence electrons. The van der Waals surface area contributed by atoms with Crippen LogP contribution in [0, 0.1) is 0 Å². The molecule has 1 saturated heterocycles. The van der Waals surface area contributed by atoms with E-state index in [9.17, 15) is 5.11 Å². The minimum atomic E-state index is -0.504. The quantitative estimate of drug-likeness (QED) is 0.682. The molecular weight excluding hydrogens is 180 g/mol. The van der Waals surface area contributed by atoms with Crippen LogP contribution in [-0.2, 0) is 9.47 Å². The molecule has 0 bridgehead atoms. The molecule has 1 rings (SSSR count). The second-order valence-corrected chi connectivity index (χ2v) is 3.39. The first-order chi connectivity index (χ1) is 6.83. The van der Waals surface area contributed by atoms with Crippen LogP contribution in [0.25, 0.3) is 0 Å². The van der Waals surface area contributed by atoms with Gasteiger partial charge in [0, 0.05) is 13.0 Å². The van der Waals surface area contributed by atoms with Crippen LogP contribution in [0.4, 0.5) is 0 Å². The van der Waals surface area contributed by atoms with Crippen LogP contribution in [0.3, 0.4) is 0 Å². The minimum Gasteiger partial charge on any atom is -0.388 e. The second-order valence-electron chi connectivity index (χ2n) is 3.39. The van der Waals surface area contributed by atoms with Gasteiger partial charge in [0.25, 0.3) is 0 Å². The highest BCUT2D eigenvalue weighted by Gasteiger charge is 2.13. The van der Waals surface area contributed by atoms with Gasteiger partial charge in [-0.15, -0.1) is 5.73 Å². The number of hydrogen-bond donors (Lipinski definition) is 1. The zero-order valence-electron chi connectivity index (χ0n) is 8.45. The molecule has 2 atom stereocenters. The lowest BCUT2D eigenvalue weighted by molar-refractivity contribution is -0.164. The maximum Gasteiger partial charge on any atom is 0.157 e. The molecule has 0 saturated carbocycles. The third-order valence-electron chi connectivity index (χ3n) is 2.17. The molecule has 1 heterocycles. The minimum absolute atomic E-state index is 0.0661. The standard InChI is InChI=1S/C11H18O3/c1-2-5-10(12)7-9-14-11-6-3-4-8-13-11/h5,10-12H,1,3-4,6-9H2.